The Kier molecular flexibility index (Phi) is 12.0. The zero-order chi connectivity index (χ0) is 42.8. The molecule has 59 heavy (non-hydrogen) atoms. The summed E-state index contributed by atoms with van der Waals surface area (Å²) in [6.45, 7) is 7.95. The Morgan fingerprint density at radius 3 is 2.10 bits per heavy atom. The number of esters is 1. The van der Waals surface area contributed by atoms with Gasteiger partial charge in [0.2, 0.25) is 5.78 Å². The lowest BCUT2D eigenvalue weighted by molar-refractivity contribution is -0.325. The zero-order valence-corrected chi connectivity index (χ0v) is 34.1. The van der Waals surface area contributed by atoms with Crippen LogP contribution < -0.4 is 0 Å². The monoisotopic (exact) mass is 827 g/mol. The van der Waals surface area contributed by atoms with Crippen molar-refractivity contribution >= 4 is 23.3 Å². The number of ketones is 3. The van der Waals surface area contributed by atoms with E-state index in [2.05, 4.69) is 0 Å². The van der Waals surface area contributed by atoms with E-state index < -0.39 is 119 Å². The van der Waals surface area contributed by atoms with Crippen LogP contribution in [-0.2, 0) is 42.7 Å². The van der Waals surface area contributed by atoms with Crippen LogP contribution in [0.5, 0.6) is 17.2 Å². The summed E-state index contributed by atoms with van der Waals surface area (Å²) >= 11 is 0. The molecule has 0 bridgehead atoms. The van der Waals surface area contributed by atoms with E-state index in [1.54, 1.807) is 27.7 Å². The summed E-state index contributed by atoms with van der Waals surface area (Å²) in [5, 5.41) is 57.8. The van der Waals surface area contributed by atoms with Gasteiger partial charge in [0.05, 0.1) is 41.1 Å². The minimum atomic E-state index is -1.89. The number of carbonyl (C=O) groups is 4. The molecule has 13 atom stereocenters. The van der Waals surface area contributed by atoms with Crippen molar-refractivity contribution in [1.29, 1.82) is 0 Å². The summed E-state index contributed by atoms with van der Waals surface area (Å²) in [7, 11) is 3.69. The van der Waals surface area contributed by atoms with Gasteiger partial charge in [0.15, 0.2) is 36.5 Å². The summed E-state index contributed by atoms with van der Waals surface area (Å²) in [5.74, 6) is -4.63. The van der Waals surface area contributed by atoms with Gasteiger partial charge in [0.1, 0.15) is 41.2 Å². The van der Waals surface area contributed by atoms with E-state index in [1.165, 1.54) is 18.2 Å². The highest BCUT2D eigenvalue weighted by Crippen LogP contribution is 2.57. The number of rotatable bonds is 9. The summed E-state index contributed by atoms with van der Waals surface area (Å²) in [6.07, 6.45) is -8.91. The maximum absolute atomic E-state index is 14.0. The summed E-state index contributed by atoms with van der Waals surface area (Å²) in [5.41, 5.74) is -4.05. The Morgan fingerprint density at radius 2 is 1.47 bits per heavy atom. The quantitative estimate of drug-likeness (QED) is 0.154. The standard InChI is InChI=1S/C42H53NO16/c1-8-42(52)16-26(31-34(41(42)56-20(5)44)38(51)32-33(37(31)50)36(49)30-21(35(32)48)10-9-11-24(30)46)57-28-14-22(43(6)7)39(18(3)54-28)59-29-15-25(47)40(19(4)55-29)58-27-13-12-23(45)17(2)53-27/h9-11,17-19,22,25-29,39-41,46-47,50-52H,8,12-16H2,1-7H3/t17-,18-,19+,22-,25-,26-,27+,28-,29-,39+,40+,41+,42+/m0/s1. The van der Waals surface area contributed by atoms with E-state index in [0.717, 1.165) is 6.92 Å². The third-order valence-electron chi connectivity index (χ3n) is 12.3. The van der Waals surface area contributed by atoms with Gasteiger partial charge >= 0.3 is 5.97 Å². The Bertz CT molecular complexity index is 1990. The maximum Gasteiger partial charge on any atom is 0.303 e. The zero-order valence-electron chi connectivity index (χ0n) is 34.1. The highest BCUT2D eigenvalue weighted by atomic mass is 16.7. The van der Waals surface area contributed by atoms with Crippen molar-refractivity contribution in [2.45, 2.75) is 152 Å². The van der Waals surface area contributed by atoms with Gasteiger partial charge in [0, 0.05) is 61.8 Å². The Balaban J connectivity index is 1.15. The molecule has 0 saturated carbocycles. The molecule has 3 aliphatic heterocycles. The van der Waals surface area contributed by atoms with Crippen LogP contribution in [0.4, 0.5) is 0 Å². The van der Waals surface area contributed by atoms with Crippen LogP contribution in [0, 0.1) is 0 Å². The van der Waals surface area contributed by atoms with E-state index in [9.17, 15) is 44.7 Å². The van der Waals surface area contributed by atoms with Crippen LogP contribution >= 0.6 is 0 Å². The molecule has 0 spiro atoms. The van der Waals surface area contributed by atoms with Gasteiger partial charge in [-0.2, -0.15) is 0 Å². The number of benzene rings is 2. The third-order valence-corrected chi connectivity index (χ3v) is 12.3. The van der Waals surface area contributed by atoms with Gasteiger partial charge in [0.25, 0.3) is 0 Å². The van der Waals surface area contributed by atoms with Gasteiger partial charge in [-0.05, 0) is 47.4 Å². The molecule has 2 aliphatic carbocycles. The fourth-order valence-corrected chi connectivity index (χ4v) is 9.19. The summed E-state index contributed by atoms with van der Waals surface area (Å²) in [6, 6.07) is 3.51. The Morgan fingerprint density at radius 1 is 0.847 bits per heavy atom. The maximum atomic E-state index is 14.0. The van der Waals surface area contributed by atoms with Gasteiger partial charge in [-0.25, -0.2) is 0 Å². The first kappa shape index (κ1) is 43.1. The lowest BCUT2D eigenvalue weighted by Gasteiger charge is -2.48. The largest absolute Gasteiger partial charge is 0.507 e. The minimum Gasteiger partial charge on any atom is -0.507 e. The number of hydrogen-bond donors (Lipinski definition) is 5. The van der Waals surface area contributed by atoms with Crippen molar-refractivity contribution in [3.63, 3.8) is 0 Å². The van der Waals surface area contributed by atoms with E-state index in [0.29, 0.717) is 12.8 Å². The number of ether oxygens (including phenoxy) is 7. The van der Waals surface area contributed by atoms with Crippen LogP contribution in [0.2, 0.25) is 0 Å². The van der Waals surface area contributed by atoms with Crippen LogP contribution in [0.25, 0.3) is 0 Å². The molecule has 5 aliphatic rings. The number of hydrogen-bond acceptors (Lipinski definition) is 17. The van der Waals surface area contributed by atoms with Crippen LogP contribution in [0.1, 0.15) is 128 Å². The lowest BCUT2D eigenvalue weighted by atomic mass is 9.70. The number of nitrogens with zero attached hydrogens (tertiary/aromatic N) is 1. The van der Waals surface area contributed by atoms with Gasteiger partial charge in [-0.15, -0.1) is 0 Å². The second-order valence-corrected chi connectivity index (χ2v) is 16.4. The molecule has 3 saturated heterocycles. The lowest BCUT2D eigenvalue weighted by Crippen LogP contribution is -2.58. The molecule has 0 radical (unpaired) electrons. The highest BCUT2D eigenvalue weighted by Gasteiger charge is 2.54. The molecule has 3 heterocycles. The molecule has 0 unspecified atom stereocenters. The SMILES string of the molecule is CC[C@@]1(O)C[C@H](O[C@H]2C[C@H](N(C)C)[C@H](O[C@H]3C[C@H](O)[C@H](O[C@@H]4CCC(=O)[C@H](C)O4)[C@@H](C)O3)[C@H](C)O2)c2c(O)c3c(c(O)c2[C@H]1OC(C)=O)C(=O)c1cccc(O)c1C3=O. The Hall–Kier alpha value is -4.04. The predicted molar refractivity (Wildman–Crippen MR) is 203 cm³/mol. The topological polar surface area (TPSA) is 237 Å². The normalized spacial score (nSPS) is 35.9. The average molecular weight is 828 g/mol. The van der Waals surface area contributed by atoms with Gasteiger partial charge in [-0.3, -0.25) is 19.2 Å². The summed E-state index contributed by atoms with van der Waals surface area (Å²) in [4.78, 5) is 54.1. The third kappa shape index (κ3) is 7.77. The molecule has 3 fully saturated rings. The van der Waals surface area contributed by atoms with Crippen molar-refractivity contribution < 1.29 is 77.9 Å². The Labute approximate surface area is 341 Å². The molecular weight excluding hydrogens is 774 g/mol. The van der Waals surface area contributed by atoms with Gasteiger partial charge in [-0.1, -0.05) is 19.1 Å². The molecule has 7 rings (SSSR count). The number of Topliss-reactive ketones (excluding diaryl/α,β-unsaturated/α-hetero) is 1. The van der Waals surface area contributed by atoms with Crippen LogP contribution in [-0.4, -0.2) is 135 Å². The molecular formula is C42H53NO16. The van der Waals surface area contributed by atoms with Crippen molar-refractivity contribution in [2.75, 3.05) is 14.1 Å². The van der Waals surface area contributed by atoms with Crippen molar-refractivity contribution in [3.05, 3.63) is 51.6 Å². The molecule has 2 aromatic rings. The first-order valence-corrected chi connectivity index (χ1v) is 20.1. The molecule has 2 aromatic carbocycles. The molecule has 17 nitrogen and oxygen atoms in total. The van der Waals surface area contributed by atoms with E-state index in [-0.39, 0.29) is 59.8 Å². The van der Waals surface area contributed by atoms with Crippen molar-refractivity contribution in [1.82, 2.24) is 4.90 Å². The molecule has 5 N–H and O–H groups in total. The first-order chi connectivity index (χ1) is 27.8. The molecule has 17 heteroatoms. The number of aromatic hydroxyl groups is 3. The number of aliphatic hydroxyl groups excluding tert-OH is 1. The molecule has 0 amide bonds. The number of likely N-dealkylation sites (N-methyl/N-ethyl adjacent to an activating group) is 1. The van der Waals surface area contributed by atoms with Crippen molar-refractivity contribution in [3.8, 4) is 17.2 Å². The second kappa shape index (κ2) is 16.4. The molecule has 322 valence electrons. The fraction of sp³-hybridized carbons (Fsp3) is 0.619. The van der Waals surface area contributed by atoms with Crippen molar-refractivity contribution in [2.24, 2.45) is 0 Å². The number of carbonyl (C=O) groups excluding carboxylic acids is 4. The van der Waals surface area contributed by atoms with Gasteiger partial charge < -0.3 is 63.6 Å². The van der Waals surface area contributed by atoms with Crippen LogP contribution in [0.3, 0.4) is 0 Å². The van der Waals surface area contributed by atoms with E-state index in [4.69, 9.17) is 33.2 Å². The fourth-order valence-electron chi connectivity index (χ4n) is 9.19. The van der Waals surface area contributed by atoms with Crippen LogP contribution in [0.15, 0.2) is 18.2 Å². The number of phenols is 3. The van der Waals surface area contributed by atoms with E-state index in [1.807, 2.05) is 19.0 Å². The average Bonchev–Trinajstić information content (AvgIpc) is 3.16. The molecule has 0 aromatic heterocycles. The first-order valence-electron chi connectivity index (χ1n) is 20.1. The predicted octanol–water partition coefficient (Wildman–Crippen LogP) is 3.21. The second-order valence-electron chi connectivity index (χ2n) is 16.4. The number of aliphatic hydroxyl groups is 2. The summed E-state index contributed by atoms with van der Waals surface area (Å²) < 4.78 is 43.0. The number of fused-ring (bicyclic) bond motifs is 3. The number of phenolic OH excluding ortho intramolecular Hbond substituents is 3. The highest BCUT2D eigenvalue weighted by molar-refractivity contribution is 6.31. The smallest absolute Gasteiger partial charge is 0.303 e. The minimum absolute atomic E-state index is 0.00353. The van der Waals surface area contributed by atoms with E-state index >= 15 is 0 Å².